The highest BCUT2D eigenvalue weighted by Gasteiger charge is 2.42. The minimum absolute atomic E-state index is 0.313. The van der Waals surface area contributed by atoms with Crippen molar-refractivity contribution < 1.29 is 14.7 Å². The van der Waals surface area contributed by atoms with Crippen molar-refractivity contribution in [2.75, 3.05) is 5.32 Å². The van der Waals surface area contributed by atoms with Crippen LogP contribution in [0.1, 0.15) is 34.1 Å². The Morgan fingerprint density at radius 1 is 0.719 bits per heavy atom. The minimum atomic E-state index is -1.22. The number of aliphatic carboxylic acids is 1. The van der Waals surface area contributed by atoms with Gasteiger partial charge in [0.15, 0.2) is 0 Å². The van der Waals surface area contributed by atoms with Gasteiger partial charge in [0.2, 0.25) is 5.91 Å². The van der Waals surface area contributed by atoms with Crippen LogP contribution in [0.15, 0.2) is 91.0 Å². The number of aryl methyl sites for hydroxylation is 1. The van der Waals surface area contributed by atoms with Crippen molar-refractivity contribution in [3.05, 3.63) is 113 Å². The predicted molar refractivity (Wildman–Crippen MR) is 124 cm³/mol. The summed E-state index contributed by atoms with van der Waals surface area (Å²) >= 11 is 0. The summed E-state index contributed by atoms with van der Waals surface area (Å²) in [7, 11) is 0. The molecule has 3 aromatic rings. The predicted octanol–water partition coefficient (Wildman–Crippen LogP) is 4.36. The normalized spacial score (nSPS) is 22.3. The van der Waals surface area contributed by atoms with Gasteiger partial charge in [-0.15, -0.1) is 0 Å². The lowest BCUT2D eigenvalue weighted by Gasteiger charge is -2.40. The maximum Gasteiger partial charge on any atom is 0.229 e. The average molecular weight is 425 g/mol. The molecule has 0 aromatic heterocycles. The lowest BCUT2D eigenvalue weighted by atomic mass is 9.66. The molecule has 4 heteroatoms. The number of nitrogens with one attached hydrogen (secondary N) is 1. The fourth-order valence-electron chi connectivity index (χ4n) is 4.63. The number of carboxylic acid groups (broad SMARTS) is 1. The molecule has 4 atom stereocenters. The van der Waals surface area contributed by atoms with E-state index >= 15 is 0 Å². The quantitative estimate of drug-likeness (QED) is 0.619. The molecule has 0 spiro atoms. The minimum Gasteiger partial charge on any atom is -0.550 e. The van der Waals surface area contributed by atoms with Crippen molar-refractivity contribution in [1.82, 2.24) is 0 Å². The van der Waals surface area contributed by atoms with Crippen LogP contribution in [0, 0.1) is 25.7 Å². The molecule has 32 heavy (non-hydrogen) atoms. The number of benzene rings is 3. The van der Waals surface area contributed by atoms with Gasteiger partial charge in [0.05, 0.1) is 5.92 Å². The average Bonchev–Trinajstić information content (AvgIpc) is 2.82. The molecule has 0 heterocycles. The number of hydrogen-bond donors (Lipinski definition) is 1. The van der Waals surface area contributed by atoms with Gasteiger partial charge in [-0.05, 0) is 42.2 Å². The Morgan fingerprint density at radius 2 is 1.25 bits per heavy atom. The molecule has 3 aromatic carbocycles. The molecular formula is C28H26NO3-. The number of carbonyl (C=O) groups is 2. The number of amides is 1. The van der Waals surface area contributed by atoms with Crippen molar-refractivity contribution in [3.8, 4) is 0 Å². The summed E-state index contributed by atoms with van der Waals surface area (Å²) in [5, 5.41) is 15.5. The van der Waals surface area contributed by atoms with Crippen molar-refractivity contribution in [2.24, 2.45) is 11.8 Å². The maximum absolute atomic E-state index is 13.7. The maximum atomic E-state index is 13.7. The number of carbonyl (C=O) groups excluding carboxylic acids is 2. The summed E-state index contributed by atoms with van der Waals surface area (Å²) in [6, 6.07) is 24.7. The van der Waals surface area contributed by atoms with Gasteiger partial charge in [-0.1, -0.05) is 84.9 Å². The lowest BCUT2D eigenvalue weighted by molar-refractivity contribution is -0.313. The Bertz CT molecular complexity index is 1140. The second kappa shape index (κ2) is 9.23. The smallest absolute Gasteiger partial charge is 0.229 e. The summed E-state index contributed by atoms with van der Waals surface area (Å²) in [4.78, 5) is 26.1. The summed E-state index contributed by atoms with van der Waals surface area (Å²) in [5.41, 5.74) is 4.49. The van der Waals surface area contributed by atoms with Crippen molar-refractivity contribution in [1.29, 1.82) is 0 Å². The Morgan fingerprint density at radius 3 is 1.78 bits per heavy atom. The SMILES string of the molecule is Cc1cccc(NC(=O)[C@@H]2[C@@H](C(=O)[O-])[C@@H](c3ccccc3)C=C[C@H]2c2ccccc2)c1C. The highest BCUT2D eigenvalue weighted by molar-refractivity contribution is 5.97. The summed E-state index contributed by atoms with van der Waals surface area (Å²) in [6.07, 6.45) is 3.88. The standard InChI is InChI=1S/C28H27NO3/c1-18-10-9-15-24(19(18)2)29-27(30)25-22(20-11-5-3-6-12-20)16-17-23(26(25)28(31)32)21-13-7-4-8-14-21/h3-17,22-23,25-26H,1-2H3,(H,29,30)(H,31,32)/p-1/t22-,23+,25-,26-/m0/s1. The first kappa shape index (κ1) is 21.6. The van der Waals surface area contributed by atoms with Crippen LogP contribution < -0.4 is 10.4 Å². The monoisotopic (exact) mass is 424 g/mol. The van der Waals surface area contributed by atoms with E-state index < -0.39 is 23.7 Å². The molecule has 1 aliphatic carbocycles. The van der Waals surface area contributed by atoms with Gasteiger partial charge < -0.3 is 15.2 Å². The van der Waals surface area contributed by atoms with E-state index in [0.717, 1.165) is 22.3 Å². The van der Waals surface area contributed by atoms with Crippen LogP contribution in [-0.2, 0) is 9.59 Å². The van der Waals surface area contributed by atoms with Gasteiger partial charge in [-0.3, -0.25) is 4.79 Å². The van der Waals surface area contributed by atoms with E-state index in [0.29, 0.717) is 5.69 Å². The van der Waals surface area contributed by atoms with Crippen molar-refractivity contribution in [2.45, 2.75) is 25.7 Å². The number of carboxylic acids is 1. The van der Waals surface area contributed by atoms with E-state index in [4.69, 9.17) is 0 Å². The van der Waals surface area contributed by atoms with Crippen LogP contribution in [0.4, 0.5) is 5.69 Å². The van der Waals surface area contributed by atoms with Crippen molar-refractivity contribution in [3.63, 3.8) is 0 Å². The molecule has 0 saturated heterocycles. The fourth-order valence-corrected chi connectivity index (χ4v) is 4.63. The van der Waals surface area contributed by atoms with Crippen LogP contribution in [0.25, 0.3) is 0 Å². The first-order valence-corrected chi connectivity index (χ1v) is 10.8. The Balaban J connectivity index is 1.79. The summed E-state index contributed by atoms with van der Waals surface area (Å²) in [5.74, 6) is -4.17. The molecule has 0 bridgehead atoms. The molecule has 1 aliphatic rings. The van der Waals surface area contributed by atoms with E-state index in [1.54, 1.807) is 0 Å². The largest absolute Gasteiger partial charge is 0.550 e. The molecule has 0 unspecified atom stereocenters. The van der Waals surface area contributed by atoms with Crippen LogP contribution in [0.3, 0.4) is 0 Å². The van der Waals surface area contributed by atoms with Crippen LogP contribution >= 0.6 is 0 Å². The molecule has 0 fully saturated rings. The number of anilines is 1. The molecular weight excluding hydrogens is 398 g/mol. The molecule has 0 saturated carbocycles. The van der Waals surface area contributed by atoms with Crippen LogP contribution in [0.2, 0.25) is 0 Å². The molecule has 1 amide bonds. The first-order chi connectivity index (χ1) is 15.5. The Labute approximate surface area is 188 Å². The zero-order chi connectivity index (χ0) is 22.7. The van der Waals surface area contributed by atoms with E-state index in [1.807, 2.05) is 105 Å². The van der Waals surface area contributed by atoms with Gasteiger partial charge in [0.1, 0.15) is 0 Å². The lowest BCUT2D eigenvalue weighted by Crippen LogP contribution is -2.47. The highest BCUT2D eigenvalue weighted by atomic mass is 16.4. The number of allylic oxidation sites excluding steroid dienone is 2. The third-order valence-electron chi connectivity index (χ3n) is 6.49. The first-order valence-electron chi connectivity index (χ1n) is 10.8. The topological polar surface area (TPSA) is 69.2 Å². The number of rotatable bonds is 5. The third kappa shape index (κ3) is 4.22. The Kier molecular flexibility index (Phi) is 6.22. The molecule has 4 rings (SSSR count). The number of hydrogen-bond acceptors (Lipinski definition) is 3. The zero-order valence-corrected chi connectivity index (χ0v) is 18.2. The second-order valence-electron chi connectivity index (χ2n) is 8.37. The van der Waals surface area contributed by atoms with E-state index in [2.05, 4.69) is 5.32 Å². The zero-order valence-electron chi connectivity index (χ0n) is 18.2. The van der Waals surface area contributed by atoms with Gasteiger partial charge in [0, 0.05) is 29.4 Å². The summed E-state index contributed by atoms with van der Waals surface area (Å²) in [6.45, 7) is 3.93. The molecule has 162 valence electrons. The highest BCUT2D eigenvalue weighted by Crippen LogP contribution is 2.44. The van der Waals surface area contributed by atoms with Gasteiger partial charge in [-0.25, -0.2) is 0 Å². The van der Waals surface area contributed by atoms with Gasteiger partial charge >= 0.3 is 0 Å². The summed E-state index contributed by atoms with van der Waals surface area (Å²) < 4.78 is 0. The van der Waals surface area contributed by atoms with E-state index in [-0.39, 0.29) is 11.8 Å². The van der Waals surface area contributed by atoms with Crippen molar-refractivity contribution >= 4 is 17.6 Å². The third-order valence-corrected chi connectivity index (χ3v) is 6.49. The van der Waals surface area contributed by atoms with Crippen LogP contribution in [-0.4, -0.2) is 11.9 Å². The molecule has 1 N–H and O–H groups in total. The fraction of sp³-hybridized carbons (Fsp3) is 0.214. The molecule has 0 aliphatic heterocycles. The second-order valence-corrected chi connectivity index (χ2v) is 8.37. The van der Waals surface area contributed by atoms with Crippen LogP contribution in [0.5, 0.6) is 0 Å². The van der Waals surface area contributed by atoms with Gasteiger partial charge in [0.25, 0.3) is 0 Å². The molecule has 0 radical (unpaired) electrons. The molecule has 4 nitrogen and oxygen atoms in total. The van der Waals surface area contributed by atoms with E-state index in [1.165, 1.54) is 0 Å². The van der Waals surface area contributed by atoms with Gasteiger partial charge in [-0.2, -0.15) is 0 Å². The van der Waals surface area contributed by atoms with E-state index in [9.17, 15) is 14.7 Å². The Hall–Kier alpha value is -3.66.